The fourth-order valence-electron chi connectivity index (χ4n) is 1.25. The zero-order valence-corrected chi connectivity index (χ0v) is 9.57. The van der Waals surface area contributed by atoms with Crippen LogP contribution in [-0.2, 0) is 0 Å². The predicted octanol–water partition coefficient (Wildman–Crippen LogP) is 1.97. The first kappa shape index (κ1) is 11.3. The second-order valence-electron chi connectivity index (χ2n) is 3.27. The molecule has 0 atom stereocenters. The minimum Gasteiger partial charge on any atom is -0.451 e. The second kappa shape index (κ2) is 4.80. The highest BCUT2D eigenvalue weighted by Gasteiger charge is 2.05. The summed E-state index contributed by atoms with van der Waals surface area (Å²) in [6, 6.07) is 6.22. The van der Waals surface area contributed by atoms with Gasteiger partial charge in [0.2, 0.25) is 0 Å². The third-order valence-electron chi connectivity index (χ3n) is 1.98. The number of amides is 1. The maximum atomic E-state index is 11.3. The van der Waals surface area contributed by atoms with Gasteiger partial charge in [-0.05, 0) is 23.6 Å². The fraction of sp³-hybridized carbons (Fsp3) is 0. The van der Waals surface area contributed by atoms with Crippen molar-refractivity contribution < 1.29 is 9.21 Å². The van der Waals surface area contributed by atoms with Crippen LogP contribution in [-0.4, -0.2) is 5.91 Å². The molecule has 0 aliphatic carbocycles. The molecule has 0 aliphatic rings. The van der Waals surface area contributed by atoms with E-state index in [1.54, 1.807) is 23.5 Å². The molecular formula is C12H9NO3S. The predicted molar refractivity (Wildman–Crippen MR) is 66.7 cm³/mol. The van der Waals surface area contributed by atoms with Gasteiger partial charge in [-0.2, -0.15) is 0 Å². The van der Waals surface area contributed by atoms with Gasteiger partial charge in [-0.3, -0.25) is 9.59 Å². The Labute approximate surface area is 101 Å². The topological polar surface area (TPSA) is 73.3 Å². The Morgan fingerprint density at radius 1 is 1.35 bits per heavy atom. The SMILES string of the molecule is NC(=O)c1cc(=O)cc(/C=C/c2cccs2)o1. The number of rotatable bonds is 3. The Morgan fingerprint density at radius 2 is 2.18 bits per heavy atom. The largest absolute Gasteiger partial charge is 0.451 e. The summed E-state index contributed by atoms with van der Waals surface area (Å²) >= 11 is 1.56. The second-order valence-corrected chi connectivity index (χ2v) is 4.25. The summed E-state index contributed by atoms with van der Waals surface area (Å²) in [6.07, 6.45) is 3.42. The van der Waals surface area contributed by atoms with E-state index >= 15 is 0 Å². The molecule has 1 amide bonds. The normalized spacial score (nSPS) is 10.8. The first-order valence-electron chi connectivity index (χ1n) is 4.82. The molecule has 0 aromatic carbocycles. The summed E-state index contributed by atoms with van der Waals surface area (Å²) in [5.41, 5.74) is 4.74. The first-order valence-corrected chi connectivity index (χ1v) is 5.70. The Morgan fingerprint density at radius 3 is 2.82 bits per heavy atom. The molecule has 0 fully saturated rings. The molecule has 0 spiro atoms. The molecule has 2 heterocycles. The molecule has 2 aromatic rings. The minimum atomic E-state index is -0.756. The molecule has 2 aromatic heterocycles. The Bertz CT molecular complexity index is 611. The van der Waals surface area contributed by atoms with Crippen molar-refractivity contribution in [3.8, 4) is 0 Å². The zero-order valence-electron chi connectivity index (χ0n) is 8.75. The Hall–Kier alpha value is -2.14. The van der Waals surface area contributed by atoms with E-state index < -0.39 is 5.91 Å². The lowest BCUT2D eigenvalue weighted by Gasteiger charge is -1.96. The molecule has 0 saturated carbocycles. The summed E-state index contributed by atoms with van der Waals surface area (Å²) in [5, 5.41) is 1.94. The van der Waals surface area contributed by atoms with Crippen molar-refractivity contribution in [2.45, 2.75) is 0 Å². The highest BCUT2D eigenvalue weighted by atomic mass is 32.1. The molecule has 0 bridgehead atoms. The quantitative estimate of drug-likeness (QED) is 0.901. The van der Waals surface area contributed by atoms with Crippen LogP contribution in [0.15, 0.2) is 38.9 Å². The maximum absolute atomic E-state index is 11.3. The average molecular weight is 247 g/mol. The van der Waals surface area contributed by atoms with Crippen LogP contribution in [0.1, 0.15) is 21.2 Å². The van der Waals surface area contributed by atoms with E-state index in [1.165, 1.54) is 6.07 Å². The number of hydrogen-bond donors (Lipinski definition) is 1. The monoisotopic (exact) mass is 247 g/mol. The molecule has 17 heavy (non-hydrogen) atoms. The summed E-state index contributed by atoms with van der Waals surface area (Å²) in [7, 11) is 0. The first-order chi connectivity index (χ1) is 8.15. The van der Waals surface area contributed by atoms with Crippen molar-refractivity contribution in [3.63, 3.8) is 0 Å². The van der Waals surface area contributed by atoms with Crippen molar-refractivity contribution in [1.29, 1.82) is 0 Å². The van der Waals surface area contributed by atoms with E-state index in [1.807, 2.05) is 17.5 Å². The van der Waals surface area contributed by atoms with Gasteiger partial charge in [0.1, 0.15) is 5.76 Å². The molecule has 4 nitrogen and oxygen atoms in total. The lowest BCUT2D eigenvalue weighted by atomic mass is 10.3. The molecule has 2 rings (SSSR count). The molecule has 2 N–H and O–H groups in total. The van der Waals surface area contributed by atoms with Crippen molar-refractivity contribution >= 4 is 29.4 Å². The average Bonchev–Trinajstić information content (AvgIpc) is 2.78. The van der Waals surface area contributed by atoms with Crippen LogP contribution in [0.25, 0.3) is 12.2 Å². The standard InChI is InChI=1S/C12H9NO3S/c13-12(15)11-7-8(14)6-9(16-11)3-4-10-2-1-5-17-10/h1-7H,(H2,13,15)/b4-3+. The molecule has 0 aliphatic heterocycles. The van der Waals surface area contributed by atoms with Gasteiger partial charge in [0.15, 0.2) is 11.2 Å². The van der Waals surface area contributed by atoms with Crippen LogP contribution in [0.4, 0.5) is 0 Å². The van der Waals surface area contributed by atoms with Crippen molar-refractivity contribution in [3.05, 3.63) is 56.3 Å². The number of carbonyl (C=O) groups is 1. The van der Waals surface area contributed by atoms with Crippen molar-refractivity contribution in [2.75, 3.05) is 0 Å². The van der Waals surface area contributed by atoms with Gasteiger partial charge >= 0.3 is 0 Å². The molecule has 86 valence electrons. The molecule has 0 radical (unpaired) electrons. The third-order valence-corrected chi connectivity index (χ3v) is 2.82. The zero-order chi connectivity index (χ0) is 12.3. The fourth-order valence-corrected chi connectivity index (χ4v) is 1.87. The number of carbonyl (C=O) groups excluding carboxylic acids is 1. The summed E-state index contributed by atoms with van der Waals surface area (Å²) < 4.78 is 5.16. The maximum Gasteiger partial charge on any atom is 0.284 e. The van der Waals surface area contributed by atoms with Crippen LogP contribution >= 0.6 is 11.3 Å². The van der Waals surface area contributed by atoms with Crippen LogP contribution in [0.2, 0.25) is 0 Å². The summed E-state index contributed by atoms with van der Waals surface area (Å²) in [5.74, 6) is -0.587. The highest BCUT2D eigenvalue weighted by Crippen LogP contribution is 2.13. The summed E-state index contributed by atoms with van der Waals surface area (Å²) in [6.45, 7) is 0. The van der Waals surface area contributed by atoms with Gasteiger partial charge in [0, 0.05) is 17.0 Å². The van der Waals surface area contributed by atoms with E-state index in [0.29, 0.717) is 5.76 Å². The molecule has 0 unspecified atom stereocenters. The van der Waals surface area contributed by atoms with Crippen LogP contribution in [0.5, 0.6) is 0 Å². The molecular weight excluding hydrogens is 238 g/mol. The van der Waals surface area contributed by atoms with Gasteiger partial charge in [-0.25, -0.2) is 0 Å². The number of thiophene rings is 1. The van der Waals surface area contributed by atoms with Gasteiger partial charge in [0.05, 0.1) is 0 Å². The van der Waals surface area contributed by atoms with Crippen LogP contribution in [0.3, 0.4) is 0 Å². The van der Waals surface area contributed by atoms with E-state index in [4.69, 9.17) is 10.2 Å². The Balaban J connectivity index is 2.33. The Kier molecular flexibility index (Phi) is 3.20. The summed E-state index contributed by atoms with van der Waals surface area (Å²) in [4.78, 5) is 23.2. The number of nitrogens with two attached hydrogens (primary N) is 1. The number of primary amides is 1. The van der Waals surface area contributed by atoms with E-state index in [2.05, 4.69) is 0 Å². The van der Waals surface area contributed by atoms with Crippen LogP contribution in [0, 0.1) is 0 Å². The minimum absolute atomic E-state index is 0.136. The van der Waals surface area contributed by atoms with E-state index in [0.717, 1.165) is 10.9 Å². The third kappa shape index (κ3) is 2.92. The van der Waals surface area contributed by atoms with Gasteiger partial charge < -0.3 is 10.2 Å². The molecule has 5 heteroatoms. The highest BCUT2D eigenvalue weighted by molar-refractivity contribution is 7.10. The lowest BCUT2D eigenvalue weighted by Crippen LogP contribution is -2.14. The van der Waals surface area contributed by atoms with Crippen LogP contribution < -0.4 is 11.2 Å². The van der Waals surface area contributed by atoms with E-state index in [9.17, 15) is 9.59 Å². The van der Waals surface area contributed by atoms with E-state index in [-0.39, 0.29) is 11.2 Å². The van der Waals surface area contributed by atoms with Gasteiger partial charge in [-0.15, -0.1) is 11.3 Å². The smallest absolute Gasteiger partial charge is 0.284 e. The van der Waals surface area contributed by atoms with Crippen molar-refractivity contribution in [1.82, 2.24) is 0 Å². The van der Waals surface area contributed by atoms with Crippen molar-refractivity contribution in [2.24, 2.45) is 5.73 Å². The van der Waals surface area contributed by atoms with Gasteiger partial charge in [-0.1, -0.05) is 6.07 Å². The molecule has 0 saturated heterocycles. The lowest BCUT2D eigenvalue weighted by molar-refractivity contribution is 0.0971. The number of hydrogen-bond acceptors (Lipinski definition) is 4. The van der Waals surface area contributed by atoms with Gasteiger partial charge in [0.25, 0.3) is 5.91 Å².